The van der Waals surface area contributed by atoms with Crippen molar-refractivity contribution < 1.29 is 9.47 Å². The lowest BCUT2D eigenvalue weighted by Gasteiger charge is -2.37. The molecule has 0 aromatic heterocycles. The van der Waals surface area contributed by atoms with E-state index in [9.17, 15) is 0 Å². The third kappa shape index (κ3) is 2.69. The predicted octanol–water partition coefficient (Wildman–Crippen LogP) is 3.17. The van der Waals surface area contributed by atoms with Gasteiger partial charge in [-0.05, 0) is 49.1 Å². The van der Waals surface area contributed by atoms with Gasteiger partial charge in [0, 0.05) is 31.9 Å². The van der Waals surface area contributed by atoms with Gasteiger partial charge in [-0.15, -0.1) is 0 Å². The number of para-hydroxylation sites is 1. The normalized spacial score (nSPS) is 31.9. The van der Waals surface area contributed by atoms with Gasteiger partial charge >= 0.3 is 0 Å². The molecule has 1 aromatic rings. The van der Waals surface area contributed by atoms with Gasteiger partial charge in [-0.3, -0.25) is 0 Å². The molecule has 0 radical (unpaired) electrons. The van der Waals surface area contributed by atoms with E-state index in [1.807, 2.05) is 0 Å². The van der Waals surface area contributed by atoms with Crippen molar-refractivity contribution in [1.82, 2.24) is 0 Å². The minimum atomic E-state index is 0.0329. The predicted molar refractivity (Wildman–Crippen MR) is 83.8 cm³/mol. The van der Waals surface area contributed by atoms with Crippen LogP contribution in [-0.2, 0) is 22.3 Å². The molecule has 0 amide bonds. The van der Waals surface area contributed by atoms with E-state index >= 15 is 0 Å². The van der Waals surface area contributed by atoms with E-state index in [0.29, 0.717) is 0 Å². The second kappa shape index (κ2) is 5.62. The van der Waals surface area contributed by atoms with Crippen molar-refractivity contribution >= 4 is 5.69 Å². The Balaban J connectivity index is 1.51. The minimum Gasteiger partial charge on any atom is -0.385 e. The van der Waals surface area contributed by atoms with Crippen LogP contribution in [0.15, 0.2) is 18.2 Å². The number of hydrogen-bond donors (Lipinski definition) is 1. The fraction of sp³-hybridized carbons (Fsp3) is 0.667. The average Bonchev–Trinajstić information content (AvgIpc) is 2.95. The van der Waals surface area contributed by atoms with Crippen molar-refractivity contribution in [2.75, 3.05) is 31.7 Å². The first kappa shape index (κ1) is 13.6. The Kier molecular flexibility index (Phi) is 3.64. The molecular formula is C18H25NO2. The molecule has 21 heavy (non-hydrogen) atoms. The van der Waals surface area contributed by atoms with E-state index < -0.39 is 0 Å². The molecule has 1 aromatic carbocycles. The molecule has 2 atom stereocenters. The summed E-state index contributed by atoms with van der Waals surface area (Å²) in [5.41, 5.74) is 4.47. The van der Waals surface area contributed by atoms with Gasteiger partial charge in [-0.2, -0.15) is 0 Å². The molecule has 2 saturated heterocycles. The van der Waals surface area contributed by atoms with E-state index in [2.05, 4.69) is 23.5 Å². The average molecular weight is 287 g/mol. The SMILES string of the molecule is c1cc2c(c(CC3CCOC4(CCOC4)C3)c1)NCCC2. The first-order chi connectivity index (χ1) is 10.3. The molecule has 1 spiro atoms. The highest BCUT2D eigenvalue weighted by atomic mass is 16.6. The summed E-state index contributed by atoms with van der Waals surface area (Å²) in [6.45, 7) is 3.69. The number of ether oxygens (including phenoxy) is 2. The lowest BCUT2D eigenvalue weighted by Crippen LogP contribution is -2.40. The van der Waals surface area contributed by atoms with Crippen LogP contribution >= 0.6 is 0 Å². The molecule has 0 bridgehead atoms. The third-order valence-electron chi connectivity index (χ3n) is 5.33. The lowest BCUT2D eigenvalue weighted by molar-refractivity contribution is -0.0975. The van der Waals surface area contributed by atoms with Crippen molar-refractivity contribution in [2.24, 2.45) is 5.92 Å². The van der Waals surface area contributed by atoms with E-state index in [1.54, 1.807) is 0 Å². The molecule has 2 unspecified atom stereocenters. The van der Waals surface area contributed by atoms with Gasteiger partial charge in [-0.1, -0.05) is 18.2 Å². The molecule has 3 aliphatic rings. The van der Waals surface area contributed by atoms with Crippen LogP contribution in [0.2, 0.25) is 0 Å². The van der Waals surface area contributed by atoms with Gasteiger partial charge in [0.1, 0.15) is 0 Å². The highest BCUT2D eigenvalue weighted by molar-refractivity contribution is 5.59. The van der Waals surface area contributed by atoms with E-state index in [0.717, 1.165) is 45.1 Å². The van der Waals surface area contributed by atoms with Crippen molar-refractivity contribution in [3.05, 3.63) is 29.3 Å². The van der Waals surface area contributed by atoms with Crippen LogP contribution in [0.4, 0.5) is 5.69 Å². The monoisotopic (exact) mass is 287 g/mol. The lowest BCUT2D eigenvalue weighted by atomic mass is 9.81. The molecule has 2 fully saturated rings. The molecule has 114 valence electrons. The zero-order valence-electron chi connectivity index (χ0n) is 12.7. The Morgan fingerprint density at radius 2 is 2.29 bits per heavy atom. The van der Waals surface area contributed by atoms with Crippen molar-refractivity contribution in [3.63, 3.8) is 0 Å². The Morgan fingerprint density at radius 1 is 1.29 bits per heavy atom. The van der Waals surface area contributed by atoms with Crippen molar-refractivity contribution in [3.8, 4) is 0 Å². The largest absolute Gasteiger partial charge is 0.385 e. The standard InChI is InChI=1S/C18H25NO2/c1-3-15-5-2-8-19-17(15)16(4-1)11-14-6-9-21-18(12-14)7-10-20-13-18/h1,3-4,14,19H,2,5-13H2. The van der Waals surface area contributed by atoms with Crippen LogP contribution in [-0.4, -0.2) is 32.0 Å². The first-order valence-electron chi connectivity index (χ1n) is 8.41. The van der Waals surface area contributed by atoms with E-state index in [4.69, 9.17) is 9.47 Å². The molecule has 3 nitrogen and oxygen atoms in total. The molecule has 0 saturated carbocycles. The highest BCUT2D eigenvalue weighted by Gasteiger charge is 2.41. The van der Waals surface area contributed by atoms with Gasteiger partial charge in [0.25, 0.3) is 0 Å². The van der Waals surface area contributed by atoms with Gasteiger partial charge in [0.15, 0.2) is 0 Å². The number of hydrogen-bond acceptors (Lipinski definition) is 3. The third-order valence-corrected chi connectivity index (χ3v) is 5.33. The summed E-state index contributed by atoms with van der Waals surface area (Å²) in [5.74, 6) is 0.732. The molecule has 3 heteroatoms. The van der Waals surface area contributed by atoms with Crippen LogP contribution in [0.5, 0.6) is 0 Å². The van der Waals surface area contributed by atoms with E-state index in [1.165, 1.54) is 42.5 Å². The number of anilines is 1. The number of nitrogens with one attached hydrogen (secondary N) is 1. The van der Waals surface area contributed by atoms with Gasteiger partial charge in [-0.25, -0.2) is 0 Å². The first-order valence-corrected chi connectivity index (χ1v) is 8.41. The summed E-state index contributed by atoms with van der Waals surface area (Å²) in [6.07, 6.45) is 7.09. The summed E-state index contributed by atoms with van der Waals surface area (Å²) in [4.78, 5) is 0. The summed E-state index contributed by atoms with van der Waals surface area (Å²) in [7, 11) is 0. The van der Waals surface area contributed by atoms with Crippen molar-refractivity contribution in [1.29, 1.82) is 0 Å². The maximum absolute atomic E-state index is 6.07. The smallest absolute Gasteiger partial charge is 0.0939 e. The number of benzene rings is 1. The van der Waals surface area contributed by atoms with Crippen LogP contribution in [0.3, 0.4) is 0 Å². The second-order valence-electron chi connectivity index (χ2n) is 6.88. The van der Waals surface area contributed by atoms with Crippen LogP contribution < -0.4 is 5.32 Å². The number of rotatable bonds is 2. The summed E-state index contributed by atoms with van der Waals surface area (Å²) < 4.78 is 11.7. The molecule has 0 aliphatic carbocycles. The van der Waals surface area contributed by atoms with Gasteiger partial charge in [0.05, 0.1) is 12.2 Å². The zero-order valence-corrected chi connectivity index (χ0v) is 12.7. The Morgan fingerprint density at radius 3 is 3.19 bits per heavy atom. The molecular weight excluding hydrogens is 262 g/mol. The number of fused-ring (bicyclic) bond motifs is 1. The van der Waals surface area contributed by atoms with Crippen LogP contribution in [0.1, 0.15) is 36.8 Å². The summed E-state index contributed by atoms with van der Waals surface area (Å²) in [5, 5.41) is 3.63. The van der Waals surface area contributed by atoms with Gasteiger partial charge in [0.2, 0.25) is 0 Å². The molecule has 4 rings (SSSR count). The van der Waals surface area contributed by atoms with Crippen LogP contribution in [0, 0.1) is 5.92 Å². The van der Waals surface area contributed by atoms with Crippen LogP contribution in [0.25, 0.3) is 0 Å². The minimum absolute atomic E-state index is 0.0329. The maximum atomic E-state index is 6.07. The highest BCUT2D eigenvalue weighted by Crippen LogP contribution is 2.38. The topological polar surface area (TPSA) is 30.5 Å². The Labute approximate surface area is 127 Å². The Hall–Kier alpha value is -1.06. The quantitative estimate of drug-likeness (QED) is 0.906. The second-order valence-corrected chi connectivity index (χ2v) is 6.88. The molecule has 3 heterocycles. The summed E-state index contributed by atoms with van der Waals surface area (Å²) >= 11 is 0. The molecule has 1 N–H and O–H groups in total. The zero-order chi connectivity index (χ0) is 14.1. The number of aryl methyl sites for hydroxylation is 1. The maximum Gasteiger partial charge on any atom is 0.0939 e. The summed E-state index contributed by atoms with van der Waals surface area (Å²) in [6, 6.07) is 6.82. The molecule has 3 aliphatic heterocycles. The fourth-order valence-corrected chi connectivity index (χ4v) is 4.23. The van der Waals surface area contributed by atoms with Gasteiger partial charge < -0.3 is 14.8 Å². The van der Waals surface area contributed by atoms with Crippen molar-refractivity contribution in [2.45, 2.75) is 44.1 Å². The Bertz CT molecular complexity index is 508. The fourth-order valence-electron chi connectivity index (χ4n) is 4.23. The van der Waals surface area contributed by atoms with E-state index in [-0.39, 0.29) is 5.60 Å².